The number of hydrogen-bond acceptors (Lipinski definition) is 3. The average molecular weight is 382 g/mol. The summed E-state index contributed by atoms with van der Waals surface area (Å²) >= 11 is 0. The molecule has 0 amide bonds. The molecule has 2 fully saturated rings. The van der Waals surface area contributed by atoms with Crippen LogP contribution in [0.25, 0.3) is 0 Å². The van der Waals surface area contributed by atoms with E-state index in [0.29, 0.717) is 0 Å². The molecule has 5 nitrogen and oxygen atoms in total. The standard InChI is InChI=1S/C13H26N4O.HI/c1-2-14-13(15-6-11-16-7-3-8-16)17-9-4-12(18)5-10-17;/h12,18H,2-11H2,1H3,(H,14,15);1H. The zero-order chi connectivity index (χ0) is 12.8. The number of hydrogen-bond donors (Lipinski definition) is 2. The third kappa shape index (κ3) is 5.43. The van der Waals surface area contributed by atoms with Gasteiger partial charge in [-0.05, 0) is 39.3 Å². The maximum absolute atomic E-state index is 9.53. The van der Waals surface area contributed by atoms with Crippen molar-refractivity contribution in [2.45, 2.75) is 32.3 Å². The topological polar surface area (TPSA) is 51.1 Å². The lowest BCUT2D eigenvalue weighted by Crippen LogP contribution is -2.47. The van der Waals surface area contributed by atoms with Crippen LogP contribution in [-0.2, 0) is 0 Å². The van der Waals surface area contributed by atoms with E-state index in [9.17, 15) is 5.11 Å². The van der Waals surface area contributed by atoms with Crippen molar-refractivity contribution in [2.24, 2.45) is 4.99 Å². The molecule has 19 heavy (non-hydrogen) atoms. The summed E-state index contributed by atoms with van der Waals surface area (Å²) in [4.78, 5) is 9.40. The van der Waals surface area contributed by atoms with Gasteiger partial charge < -0.3 is 20.2 Å². The Morgan fingerprint density at radius 1 is 1.26 bits per heavy atom. The minimum Gasteiger partial charge on any atom is -0.393 e. The van der Waals surface area contributed by atoms with Crippen molar-refractivity contribution in [1.82, 2.24) is 15.1 Å². The lowest BCUT2D eigenvalue weighted by Gasteiger charge is -2.33. The number of likely N-dealkylation sites (tertiary alicyclic amines) is 2. The Hall–Kier alpha value is -0.0800. The fourth-order valence-electron chi connectivity index (χ4n) is 2.41. The first kappa shape index (κ1) is 17.0. The van der Waals surface area contributed by atoms with E-state index >= 15 is 0 Å². The normalized spacial score (nSPS) is 21.8. The lowest BCUT2D eigenvalue weighted by molar-refractivity contribution is 0.108. The van der Waals surface area contributed by atoms with Crippen molar-refractivity contribution in [1.29, 1.82) is 0 Å². The van der Waals surface area contributed by atoms with E-state index in [0.717, 1.165) is 51.5 Å². The molecule has 0 aromatic rings. The van der Waals surface area contributed by atoms with Crippen LogP contribution in [0, 0.1) is 0 Å². The number of piperidine rings is 1. The van der Waals surface area contributed by atoms with Gasteiger partial charge in [0, 0.05) is 26.2 Å². The molecule has 0 aromatic carbocycles. The van der Waals surface area contributed by atoms with Crippen LogP contribution in [0.4, 0.5) is 0 Å². The first-order valence-corrected chi connectivity index (χ1v) is 7.23. The van der Waals surface area contributed by atoms with E-state index in [2.05, 4.69) is 22.0 Å². The third-order valence-corrected chi connectivity index (χ3v) is 3.73. The Bertz CT molecular complexity index is 276. The molecule has 112 valence electrons. The molecule has 0 bridgehead atoms. The predicted molar refractivity (Wildman–Crippen MR) is 89.3 cm³/mol. The Kier molecular flexibility index (Phi) is 8.01. The molecule has 2 saturated heterocycles. The summed E-state index contributed by atoms with van der Waals surface area (Å²) in [5.74, 6) is 1.02. The zero-order valence-corrected chi connectivity index (χ0v) is 14.2. The Morgan fingerprint density at radius 2 is 1.95 bits per heavy atom. The number of guanidine groups is 1. The highest BCUT2D eigenvalue weighted by atomic mass is 127. The molecule has 0 unspecified atom stereocenters. The maximum Gasteiger partial charge on any atom is 0.193 e. The van der Waals surface area contributed by atoms with E-state index in [-0.39, 0.29) is 30.1 Å². The molecule has 2 aliphatic heterocycles. The zero-order valence-electron chi connectivity index (χ0n) is 11.8. The minimum atomic E-state index is -0.120. The first-order valence-electron chi connectivity index (χ1n) is 7.23. The van der Waals surface area contributed by atoms with Crippen LogP contribution in [0.1, 0.15) is 26.2 Å². The van der Waals surface area contributed by atoms with Crippen molar-refractivity contribution >= 4 is 29.9 Å². The lowest BCUT2D eigenvalue weighted by atomic mass is 10.1. The smallest absolute Gasteiger partial charge is 0.193 e. The quantitative estimate of drug-likeness (QED) is 0.428. The van der Waals surface area contributed by atoms with E-state index in [1.54, 1.807) is 0 Å². The van der Waals surface area contributed by atoms with Crippen molar-refractivity contribution in [3.05, 3.63) is 0 Å². The van der Waals surface area contributed by atoms with Crippen molar-refractivity contribution in [3.63, 3.8) is 0 Å². The molecule has 2 aliphatic rings. The molecule has 0 atom stereocenters. The fourth-order valence-corrected chi connectivity index (χ4v) is 2.41. The van der Waals surface area contributed by atoms with Gasteiger partial charge in [-0.25, -0.2) is 0 Å². The number of halogens is 1. The van der Waals surface area contributed by atoms with E-state index < -0.39 is 0 Å². The second-order valence-corrected chi connectivity index (χ2v) is 5.15. The van der Waals surface area contributed by atoms with Crippen molar-refractivity contribution < 1.29 is 5.11 Å². The molecule has 0 spiro atoms. The van der Waals surface area contributed by atoms with E-state index in [4.69, 9.17) is 4.99 Å². The van der Waals surface area contributed by atoms with Crippen LogP contribution in [0.5, 0.6) is 0 Å². The molecule has 0 aliphatic carbocycles. The molecule has 2 rings (SSSR count). The maximum atomic E-state index is 9.53. The summed E-state index contributed by atoms with van der Waals surface area (Å²) < 4.78 is 0. The molecule has 0 saturated carbocycles. The van der Waals surface area contributed by atoms with Crippen LogP contribution in [0.3, 0.4) is 0 Å². The van der Waals surface area contributed by atoms with E-state index in [1.807, 2.05) is 0 Å². The summed E-state index contributed by atoms with van der Waals surface area (Å²) in [5, 5.41) is 12.9. The van der Waals surface area contributed by atoms with Crippen LogP contribution in [0.15, 0.2) is 4.99 Å². The number of aliphatic hydroxyl groups excluding tert-OH is 1. The van der Waals surface area contributed by atoms with Crippen LogP contribution in [0.2, 0.25) is 0 Å². The third-order valence-electron chi connectivity index (χ3n) is 3.73. The van der Waals surface area contributed by atoms with Crippen LogP contribution >= 0.6 is 24.0 Å². The number of aliphatic imine (C=N–C) groups is 1. The van der Waals surface area contributed by atoms with Gasteiger partial charge in [-0.1, -0.05) is 0 Å². The molecule has 2 heterocycles. The molecular formula is C13H27IN4O. The second-order valence-electron chi connectivity index (χ2n) is 5.15. The fraction of sp³-hybridized carbons (Fsp3) is 0.923. The van der Waals surface area contributed by atoms with Gasteiger partial charge in [-0.2, -0.15) is 0 Å². The number of rotatable bonds is 4. The van der Waals surface area contributed by atoms with Crippen molar-refractivity contribution in [3.8, 4) is 0 Å². The number of aliphatic hydroxyl groups is 1. The highest BCUT2D eigenvalue weighted by molar-refractivity contribution is 14.0. The summed E-state index contributed by atoms with van der Waals surface area (Å²) in [5.41, 5.74) is 0. The summed E-state index contributed by atoms with van der Waals surface area (Å²) in [6.45, 7) is 9.26. The first-order chi connectivity index (χ1) is 8.79. The SMILES string of the molecule is CCNC(=NCCN1CCC1)N1CCC(O)CC1.I. The van der Waals surface area contributed by atoms with Gasteiger partial charge in [-0.3, -0.25) is 4.99 Å². The molecule has 0 radical (unpaired) electrons. The molecule has 2 N–H and O–H groups in total. The summed E-state index contributed by atoms with van der Waals surface area (Å²) in [6.07, 6.45) is 2.94. The van der Waals surface area contributed by atoms with Gasteiger partial charge in [0.25, 0.3) is 0 Å². The van der Waals surface area contributed by atoms with E-state index in [1.165, 1.54) is 19.5 Å². The van der Waals surface area contributed by atoms with Gasteiger partial charge in [0.1, 0.15) is 0 Å². The monoisotopic (exact) mass is 382 g/mol. The Labute approximate surface area is 133 Å². The van der Waals surface area contributed by atoms with Gasteiger partial charge in [-0.15, -0.1) is 24.0 Å². The molecule has 6 heteroatoms. The molecule has 0 aromatic heterocycles. The number of nitrogens with one attached hydrogen (secondary N) is 1. The van der Waals surface area contributed by atoms with Crippen LogP contribution < -0.4 is 5.32 Å². The average Bonchev–Trinajstić information content (AvgIpc) is 2.32. The number of nitrogens with zero attached hydrogens (tertiary/aromatic N) is 3. The van der Waals surface area contributed by atoms with Gasteiger partial charge in [0.2, 0.25) is 0 Å². The largest absolute Gasteiger partial charge is 0.393 e. The van der Waals surface area contributed by atoms with Gasteiger partial charge in [0.05, 0.1) is 12.6 Å². The summed E-state index contributed by atoms with van der Waals surface area (Å²) in [7, 11) is 0. The highest BCUT2D eigenvalue weighted by Gasteiger charge is 2.19. The second kappa shape index (κ2) is 8.97. The van der Waals surface area contributed by atoms with Crippen molar-refractivity contribution in [2.75, 3.05) is 45.8 Å². The highest BCUT2D eigenvalue weighted by Crippen LogP contribution is 2.10. The Balaban J connectivity index is 0.00000180. The Morgan fingerprint density at radius 3 is 2.47 bits per heavy atom. The predicted octanol–water partition coefficient (Wildman–Crippen LogP) is 0.732. The van der Waals surface area contributed by atoms with Crippen LogP contribution in [-0.4, -0.2) is 72.8 Å². The van der Waals surface area contributed by atoms with Gasteiger partial charge in [0.15, 0.2) is 5.96 Å². The summed E-state index contributed by atoms with van der Waals surface area (Å²) in [6, 6.07) is 0. The molecular weight excluding hydrogens is 355 g/mol. The minimum absolute atomic E-state index is 0. The van der Waals surface area contributed by atoms with Gasteiger partial charge >= 0.3 is 0 Å².